The molecule has 0 radical (unpaired) electrons. The highest BCUT2D eigenvalue weighted by Gasteiger charge is 2.13. The maximum absolute atomic E-state index is 12.0. The number of rotatable bonds is 4. The van der Waals surface area contributed by atoms with Crippen molar-refractivity contribution in [3.8, 4) is 11.5 Å². The van der Waals surface area contributed by atoms with Crippen LogP contribution in [0.5, 0.6) is 11.5 Å². The number of carboxylic acids is 1. The lowest BCUT2D eigenvalue weighted by molar-refractivity contribution is 0.0696. The Hall–Kier alpha value is -2.82. The first-order valence-electron chi connectivity index (χ1n) is 5.85. The van der Waals surface area contributed by atoms with Crippen LogP contribution in [0.25, 0.3) is 0 Å². The van der Waals surface area contributed by atoms with E-state index in [0.29, 0.717) is 5.56 Å². The molecular weight excluding hydrogens is 260 g/mol. The third-order valence-corrected chi connectivity index (χ3v) is 2.85. The smallest absolute Gasteiger partial charge is 0.335 e. The SMILES string of the molecule is O=C(O)c1ccc(CC(=O)c2cc(O)ccc2O)cc1. The van der Waals surface area contributed by atoms with Crippen molar-refractivity contribution in [1.82, 2.24) is 0 Å². The number of phenolic OH excluding ortho intramolecular Hbond substituents is 2. The summed E-state index contributed by atoms with van der Waals surface area (Å²) in [7, 11) is 0. The molecule has 0 aliphatic heterocycles. The van der Waals surface area contributed by atoms with Gasteiger partial charge >= 0.3 is 5.97 Å². The van der Waals surface area contributed by atoms with Crippen molar-refractivity contribution in [1.29, 1.82) is 0 Å². The van der Waals surface area contributed by atoms with Crippen LogP contribution in [-0.4, -0.2) is 27.1 Å². The molecule has 0 amide bonds. The zero-order chi connectivity index (χ0) is 14.7. The van der Waals surface area contributed by atoms with Crippen LogP contribution in [-0.2, 0) is 6.42 Å². The Morgan fingerprint density at radius 1 is 0.950 bits per heavy atom. The van der Waals surface area contributed by atoms with Crippen molar-refractivity contribution < 1.29 is 24.9 Å². The summed E-state index contributed by atoms with van der Waals surface area (Å²) in [4.78, 5) is 22.7. The number of hydrogen-bond acceptors (Lipinski definition) is 4. The van der Waals surface area contributed by atoms with Gasteiger partial charge in [0.05, 0.1) is 11.1 Å². The lowest BCUT2D eigenvalue weighted by Gasteiger charge is -2.05. The number of aromatic hydroxyl groups is 2. The molecule has 2 aromatic carbocycles. The second kappa shape index (κ2) is 5.44. The molecule has 0 bridgehead atoms. The number of carboxylic acid groups (broad SMARTS) is 1. The maximum atomic E-state index is 12.0. The zero-order valence-electron chi connectivity index (χ0n) is 10.4. The molecule has 0 saturated carbocycles. The summed E-state index contributed by atoms with van der Waals surface area (Å²) < 4.78 is 0. The standard InChI is InChI=1S/C15H12O5/c16-11-5-6-13(17)12(8-11)14(18)7-9-1-3-10(4-2-9)15(19)20/h1-6,8,16-17H,7H2,(H,19,20). The summed E-state index contributed by atoms with van der Waals surface area (Å²) in [6, 6.07) is 9.64. The molecule has 0 atom stereocenters. The van der Waals surface area contributed by atoms with Gasteiger partial charge in [-0.15, -0.1) is 0 Å². The summed E-state index contributed by atoms with van der Waals surface area (Å²) >= 11 is 0. The molecule has 0 spiro atoms. The van der Waals surface area contributed by atoms with E-state index in [4.69, 9.17) is 5.11 Å². The van der Waals surface area contributed by atoms with Gasteiger partial charge in [-0.05, 0) is 35.9 Å². The summed E-state index contributed by atoms with van der Waals surface area (Å²) in [6.45, 7) is 0. The monoisotopic (exact) mass is 272 g/mol. The molecule has 0 heterocycles. The fourth-order valence-corrected chi connectivity index (χ4v) is 1.79. The first kappa shape index (κ1) is 13.6. The van der Waals surface area contributed by atoms with Crippen LogP contribution in [0.15, 0.2) is 42.5 Å². The minimum atomic E-state index is -1.03. The number of phenols is 2. The number of ketones is 1. The minimum Gasteiger partial charge on any atom is -0.508 e. The van der Waals surface area contributed by atoms with E-state index in [1.54, 1.807) is 12.1 Å². The second-order valence-corrected chi connectivity index (χ2v) is 4.30. The van der Waals surface area contributed by atoms with Crippen molar-refractivity contribution in [2.75, 3.05) is 0 Å². The maximum Gasteiger partial charge on any atom is 0.335 e. The van der Waals surface area contributed by atoms with E-state index >= 15 is 0 Å². The average Bonchev–Trinajstić information content (AvgIpc) is 2.42. The van der Waals surface area contributed by atoms with E-state index in [-0.39, 0.29) is 34.8 Å². The van der Waals surface area contributed by atoms with Gasteiger partial charge in [0, 0.05) is 6.42 Å². The first-order chi connectivity index (χ1) is 9.47. The van der Waals surface area contributed by atoms with E-state index in [1.165, 1.54) is 30.3 Å². The Morgan fingerprint density at radius 3 is 2.20 bits per heavy atom. The van der Waals surface area contributed by atoms with Crippen LogP contribution < -0.4 is 0 Å². The zero-order valence-corrected chi connectivity index (χ0v) is 10.4. The third kappa shape index (κ3) is 2.95. The molecule has 2 aromatic rings. The highest BCUT2D eigenvalue weighted by molar-refractivity contribution is 6.00. The molecule has 0 aliphatic carbocycles. The Balaban J connectivity index is 2.19. The molecule has 0 aromatic heterocycles. The molecule has 5 heteroatoms. The van der Waals surface area contributed by atoms with Gasteiger partial charge in [-0.2, -0.15) is 0 Å². The minimum absolute atomic E-state index is 0.0108. The van der Waals surface area contributed by atoms with Gasteiger partial charge in [0.15, 0.2) is 5.78 Å². The normalized spacial score (nSPS) is 10.2. The molecule has 3 N–H and O–H groups in total. The van der Waals surface area contributed by atoms with Gasteiger partial charge in [-0.1, -0.05) is 12.1 Å². The van der Waals surface area contributed by atoms with E-state index in [9.17, 15) is 19.8 Å². The van der Waals surface area contributed by atoms with E-state index in [2.05, 4.69) is 0 Å². The van der Waals surface area contributed by atoms with Crippen molar-refractivity contribution in [3.63, 3.8) is 0 Å². The van der Waals surface area contributed by atoms with Gasteiger partial charge < -0.3 is 15.3 Å². The van der Waals surface area contributed by atoms with Crippen molar-refractivity contribution in [3.05, 3.63) is 59.2 Å². The molecule has 5 nitrogen and oxygen atoms in total. The fourth-order valence-electron chi connectivity index (χ4n) is 1.79. The van der Waals surface area contributed by atoms with Crippen LogP contribution in [0.4, 0.5) is 0 Å². The van der Waals surface area contributed by atoms with Gasteiger partial charge in [0.25, 0.3) is 0 Å². The number of carbonyl (C=O) groups is 2. The Morgan fingerprint density at radius 2 is 1.60 bits per heavy atom. The molecular formula is C15H12O5. The van der Waals surface area contributed by atoms with Crippen LogP contribution in [0.3, 0.4) is 0 Å². The van der Waals surface area contributed by atoms with Gasteiger partial charge in [0.2, 0.25) is 0 Å². The first-order valence-corrected chi connectivity index (χ1v) is 5.85. The molecule has 0 saturated heterocycles. The number of Topliss-reactive ketones (excluding diaryl/α,β-unsaturated/α-hetero) is 1. The topological polar surface area (TPSA) is 94.8 Å². The Bertz CT molecular complexity index is 658. The largest absolute Gasteiger partial charge is 0.508 e. The lowest BCUT2D eigenvalue weighted by Crippen LogP contribution is -2.04. The predicted molar refractivity (Wildman–Crippen MR) is 71.2 cm³/mol. The molecule has 2 rings (SSSR count). The van der Waals surface area contributed by atoms with E-state index in [0.717, 1.165) is 0 Å². The van der Waals surface area contributed by atoms with Gasteiger partial charge in [-0.25, -0.2) is 4.79 Å². The molecule has 0 unspecified atom stereocenters. The number of aromatic carboxylic acids is 1. The number of benzene rings is 2. The summed E-state index contributed by atoms with van der Waals surface area (Å²) in [6.07, 6.45) is 0.0108. The van der Waals surface area contributed by atoms with Gasteiger partial charge in [0.1, 0.15) is 11.5 Å². The summed E-state index contributed by atoms with van der Waals surface area (Å²) in [5.74, 6) is -1.70. The quantitative estimate of drug-likeness (QED) is 0.586. The van der Waals surface area contributed by atoms with Crippen LogP contribution in [0.2, 0.25) is 0 Å². The predicted octanol–water partition coefficient (Wildman–Crippen LogP) is 2.22. The van der Waals surface area contributed by atoms with E-state index < -0.39 is 5.97 Å². The lowest BCUT2D eigenvalue weighted by atomic mass is 10.0. The molecule has 102 valence electrons. The van der Waals surface area contributed by atoms with Crippen LogP contribution in [0.1, 0.15) is 26.3 Å². The van der Waals surface area contributed by atoms with Crippen LogP contribution >= 0.6 is 0 Å². The Kier molecular flexibility index (Phi) is 3.70. The highest BCUT2D eigenvalue weighted by Crippen LogP contribution is 2.23. The van der Waals surface area contributed by atoms with E-state index in [1.807, 2.05) is 0 Å². The third-order valence-electron chi connectivity index (χ3n) is 2.85. The molecule has 0 aliphatic rings. The Labute approximate surface area is 114 Å². The van der Waals surface area contributed by atoms with Crippen molar-refractivity contribution in [2.24, 2.45) is 0 Å². The van der Waals surface area contributed by atoms with Crippen LogP contribution in [0, 0.1) is 0 Å². The average molecular weight is 272 g/mol. The fraction of sp³-hybridized carbons (Fsp3) is 0.0667. The molecule has 20 heavy (non-hydrogen) atoms. The van der Waals surface area contributed by atoms with Crippen molar-refractivity contribution in [2.45, 2.75) is 6.42 Å². The number of hydrogen-bond donors (Lipinski definition) is 3. The summed E-state index contributed by atoms with van der Waals surface area (Å²) in [5, 5.41) is 27.7. The van der Waals surface area contributed by atoms with Crippen molar-refractivity contribution >= 4 is 11.8 Å². The highest BCUT2D eigenvalue weighted by atomic mass is 16.4. The second-order valence-electron chi connectivity index (χ2n) is 4.30. The summed E-state index contributed by atoms with van der Waals surface area (Å²) in [5.41, 5.74) is 0.802. The molecule has 0 fully saturated rings. The van der Waals surface area contributed by atoms with Gasteiger partial charge in [-0.3, -0.25) is 4.79 Å². The number of carbonyl (C=O) groups excluding carboxylic acids is 1.